The number of pyridine rings is 1. The van der Waals surface area contributed by atoms with Gasteiger partial charge in [0.1, 0.15) is 11.1 Å². The number of amides is 1. The van der Waals surface area contributed by atoms with Crippen molar-refractivity contribution in [2.24, 2.45) is 0 Å². The molecule has 5 heteroatoms. The number of hydrogen-bond acceptors (Lipinski definition) is 4. The molecule has 0 radical (unpaired) electrons. The Kier molecular flexibility index (Phi) is 5.15. The van der Waals surface area contributed by atoms with Gasteiger partial charge in [0.2, 0.25) is 5.88 Å². The molecular formula is C16H21N3O2. The fourth-order valence-electron chi connectivity index (χ4n) is 2.78. The van der Waals surface area contributed by atoms with Crippen molar-refractivity contribution in [1.82, 2.24) is 10.3 Å². The first kappa shape index (κ1) is 15.3. The van der Waals surface area contributed by atoms with E-state index in [1.165, 1.54) is 13.5 Å². The second-order valence-corrected chi connectivity index (χ2v) is 5.48. The van der Waals surface area contributed by atoms with Gasteiger partial charge in [0, 0.05) is 6.20 Å². The zero-order valence-corrected chi connectivity index (χ0v) is 12.4. The molecule has 0 aliphatic heterocycles. The minimum atomic E-state index is -0.766. The fourth-order valence-corrected chi connectivity index (χ4v) is 2.78. The van der Waals surface area contributed by atoms with E-state index in [0.29, 0.717) is 18.4 Å². The van der Waals surface area contributed by atoms with Gasteiger partial charge in [-0.25, -0.2) is 4.98 Å². The molecule has 1 saturated carbocycles. The van der Waals surface area contributed by atoms with Crippen LogP contribution < -0.4 is 10.1 Å². The molecule has 1 aliphatic rings. The topological polar surface area (TPSA) is 75.0 Å². The monoisotopic (exact) mass is 287 g/mol. The molecule has 5 nitrogen and oxygen atoms in total. The van der Waals surface area contributed by atoms with Crippen LogP contribution in [0.3, 0.4) is 0 Å². The predicted molar refractivity (Wildman–Crippen MR) is 78.9 cm³/mol. The Hall–Kier alpha value is -2.09. The van der Waals surface area contributed by atoms with Crippen LogP contribution in [0.4, 0.5) is 0 Å². The van der Waals surface area contributed by atoms with E-state index in [1.54, 1.807) is 18.3 Å². The summed E-state index contributed by atoms with van der Waals surface area (Å²) in [6, 6.07) is 5.68. The quantitative estimate of drug-likeness (QED) is 0.927. The summed E-state index contributed by atoms with van der Waals surface area (Å²) in [4.78, 5) is 16.5. The number of nitrogens with one attached hydrogen (secondary N) is 1. The van der Waals surface area contributed by atoms with Gasteiger partial charge in [0.15, 0.2) is 0 Å². The average molecular weight is 287 g/mol. The summed E-state index contributed by atoms with van der Waals surface area (Å²) in [6.45, 7) is 0. The number of carbonyl (C=O) groups is 1. The number of aromatic nitrogens is 1. The Bertz CT molecular complexity index is 529. The molecule has 0 aromatic carbocycles. The van der Waals surface area contributed by atoms with E-state index in [0.717, 1.165) is 25.7 Å². The van der Waals surface area contributed by atoms with E-state index >= 15 is 0 Å². The number of carbonyl (C=O) groups excluding carboxylic acids is 1. The molecular weight excluding hydrogens is 266 g/mol. The fraction of sp³-hybridized carbons (Fsp3) is 0.562. The normalized spacial score (nSPS) is 17.9. The van der Waals surface area contributed by atoms with Crippen LogP contribution in [-0.4, -0.2) is 23.5 Å². The number of nitriles is 1. The van der Waals surface area contributed by atoms with Crippen molar-refractivity contribution in [1.29, 1.82) is 5.26 Å². The molecule has 1 amide bonds. The minimum absolute atomic E-state index is 0.286. The first-order valence-electron chi connectivity index (χ1n) is 7.43. The number of rotatable bonds is 3. The van der Waals surface area contributed by atoms with Crippen molar-refractivity contribution in [2.45, 2.75) is 50.5 Å². The Morgan fingerprint density at radius 3 is 2.62 bits per heavy atom. The molecule has 0 atom stereocenters. The first-order chi connectivity index (χ1) is 10.2. The standard InChI is InChI=1S/C16H21N3O2/c1-21-15-13(8-7-11-18-15)14(20)19-16(12-17)9-5-3-2-4-6-10-16/h7-8,11H,2-6,9-10H2,1H3,(H,19,20). The van der Waals surface area contributed by atoms with E-state index in [2.05, 4.69) is 16.4 Å². The highest BCUT2D eigenvalue weighted by Gasteiger charge is 2.33. The molecule has 2 rings (SSSR count). The smallest absolute Gasteiger partial charge is 0.258 e. The highest BCUT2D eigenvalue weighted by molar-refractivity contribution is 5.97. The molecule has 0 unspecified atom stereocenters. The highest BCUT2D eigenvalue weighted by Crippen LogP contribution is 2.27. The van der Waals surface area contributed by atoms with Gasteiger partial charge in [-0.1, -0.05) is 32.1 Å². The Balaban J connectivity index is 2.17. The molecule has 1 N–H and O–H groups in total. The highest BCUT2D eigenvalue weighted by atomic mass is 16.5. The van der Waals surface area contributed by atoms with Crippen LogP contribution in [0, 0.1) is 11.3 Å². The molecule has 1 heterocycles. The zero-order valence-electron chi connectivity index (χ0n) is 12.4. The van der Waals surface area contributed by atoms with Crippen LogP contribution >= 0.6 is 0 Å². The lowest BCUT2D eigenvalue weighted by molar-refractivity contribution is 0.0904. The van der Waals surface area contributed by atoms with Crippen LogP contribution in [0.5, 0.6) is 5.88 Å². The number of methoxy groups -OCH3 is 1. The molecule has 1 aromatic rings. The van der Waals surface area contributed by atoms with Gasteiger partial charge in [0.05, 0.1) is 13.2 Å². The van der Waals surface area contributed by atoms with Crippen molar-refractivity contribution < 1.29 is 9.53 Å². The van der Waals surface area contributed by atoms with Crippen molar-refractivity contribution in [3.05, 3.63) is 23.9 Å². The first-order valence-corrected chi connectivity index (χ1v) is 7.43. The molecule has 1 aromatic heterocycles. The summed E-state index contributed by atoms with van der Waals surface area (Å²) < 4.78 is 5.11. The summed E-state index contributed by atoms with van der Waals surface area (Å²) in [5.74, 6) is -0.00370. The van der Waals surface area contributed by atoms with Crippen LogP contribution in [-0.2, 0) is 0 Å². The van der Waals surface area contributed by atoms with E-state index < -0.39 is 5.54 Å². The number of hydrogen-bond donors (Lipinski definition) is 1. The van der Waals surface area contributed by atoms with Crippen LogP contribution in [0.1, 0.15) is 55.3 Å². The van der Waals surface area contributed by atoms with Crippen molar-refractivity contribution >= 4 is 5.91 Å². The van der Waals surface area contributed by atoms with Gasteiger partial charge >= 0.3 is 0 Å². The van der Waals surface area contributed by atoms with Crippen LogP contribution in [0.25, 0.3) is 0 Å². The third-order valence-electron chi connectivity index (χ3n) is 3.98. The van der Waals surface area contributed by atoms with Crippen LogP contribution in [0.2, 0.25) is 0 Å². The molecule has 0 spiro atoms. The van der Waals surface area contributed by atoms with Gasteiger partial charge in [-0.15, -0.1) is 0 Å². The van der Waals surface area contributed by atoms with Gasteiger partial charge in [-0.05, 0) is 25.0 Å². The van der Waals surface area contributed by atoms with Crippen LogP contribution in [0.15, 0.2) is 18.3 Å². The Morgan fingerprint density at radius 1 is 1.33 bits per heavy atom. The number of nitrogens with zero attached hydrogens (tertiary/aromatic N) is 2. The maximum absolute atomic E-state index is 12.5. The summed E-state index contributed by atoms with van der Waals surface area (Å²) in [5, 5.41) is 12.5. The SMILES string of the molecule is COc1ncccc1C(=O)NC1(C#N)CCCCCCC1. The second kappa shape index (κ2) is 7.07. The molecule has 0 saturated heterocycles. The lowest BCUT2D eigenvalue weighted by Gasteiger charge is -2.29. The third kappa shape index (κ3) is 3.72. The molecule has 1 aliphatic carbocycles. The third-order valence-corrected chi connectivity index (χ3v) is 3.98. The summed E-state index contributed by atoms with van der Waals surface area (Å²) >= 11 is 0. The van der Waals surface area contributed by atoms with Gasteiger partial charge < -0.3 is 10.1 Å². The maximum atomic E-state index is 12.5. The molecule has 0 bridgehead atoms. The minimum Gasteiger partial charge on any atom is -0.480 e. The summed E-state index contributed by atoms with van der Waals surface area (Å²) in [7, 11) is 1.48. The van der Waals surface area contributed by atoms with Gasteiger partial charge in [0.25, 0.3) is 5.91 Å². The zero-order chi connectivity index (χ0) is 15.1. The Labute approximate surface area is 125 Å². The van der Waals surface area contributed by atoms with E-state index in [9.17, 15) is 10.1 Å². The lowest BCUT2D eigenvalue weighted by Crippen LogP contribution is -2.47. The average Bonchev–Trinajstić information content (AvgIpc) is 2.50. The largest absolute Gasteiger partial charge is 0.480 e. The van der Waals surface area contributed by atoms with E-state index in [-0.39, 0.29) is 11.8 Å². The second-order valence-electron chi connectivity index (χ2n) is 5.48. The van der Waals surface area contributed by atoms with Gasteiger partial charge in [-0.3, -0.25) is 4.79 Å². The summed E-state index contributed by atoms with van der Waals surface area (Å²) in [6.07, 6.45) is 8.38. The molecule has 112 valence electrons. The van der Waals surface area contributed by atoms with E-state index in [4.69, 9.17) is 4.74 Å². The molecule has 21 heavy (non-hydrogen) atoms. The van der Waals surface area contributed by atoms with E-state index in [1.807, 2.05) is 0 Å². The van der Waals surface area contributed by atoms with Gasteiger partial charge in [-0.2, -0.15) is 5.26 Å². The molecule has 1 fully saturated rings. The number of ether oxygens (including phenoxy) is 1. The predicted octanol–water partition coefficient (Wildman–Crippen LogP) is 2.83. The summed E-state index contributed by atoms with van der Waals surface area (Å²) in [5.41, 5.74) is -0.394. The van der Waals surface area contributed by atoms with Crippen molar-refractivity contribution in [2.75, 3.05) is 7.11 Å². The lowest BCUT2D eigenvalue weighted by atomic mass is 9.85. The van der Waals surface area contributed by atoms with Crippen molar-refractivity contribution in [3.8, 4) is 11.9 Å². The Morgan fingerprint density at radius 2 is 2.00 bits per heavy atom. The maximum Gasteiger partial charge on any atom is 0.258 e. The van der Waals surface area contributed by atoms with Crippen molar-refractivity contribution in [3.63, 3.8) is 0 Å².